The second kappa shape index (κ2) is 4.83. The number of rotatable bonds is 5. The molecule has 0 amide bonds. The molecular weight excluding hydrogens is 242 g/mol. The molecule has 0 saturated heterocycles. The molecule has 0 aliphatic heterocycles. The van der Waals surface area contributed by atoms with Crippen LogP contribution in [0.5, 0.6) is 0 Å². The molecule has 1 aromatic rings. The van der Waals surface area contributed by atoms with Crippen molar-refractivity contribution < 1.29 is 19.8 Å². The number of nitrogens with zero attached hydrogens (tertiary/aromatic N) is 1. The molecule has 0 radical (unpaired) electrons. The maximum absolute atomic E-state index is 10.7. The van der Waals surface area contributed by atoms with Crippen LogP contribution in [0.1, 0.15) is 35.9 Å². The van der Waals surface area contributed by atoms with Crippen LogP contribution in [0.25, 0.3) is 0 Å². The molecule has 5 nitrogen and oxygen atoms in total. The highest BCUT2D eigenvalue weighted by molar-refractivity contribution is 7.09. The van der Waals surface area contributed by atoms with E-state index < -0.39 is 17.9 Å². The van der Waals surface area contributed by atoms with Crippen molar-refractivity contribution >= 4 is 23.3 Å². The first-order chi connectivity index (χ1) is 8.08. The molecule has 0 spiro atoms. The Balaban J connectivity index is 2.04. The molecule has 1 aliphatic rings. The van der Waals surface area contributed by atoms with Gasteiger partial charge in [-0.3, -0.25) is 9.59 Å². The van der Waals surface area contributed by atoms with E-state index in [-0.39, 0.29) is 6.42 Å². The molecule has 17 heavy (non-hydrogen) atoms. The highest BCUT2D eigenvalue weighted by atomic mass is 32.1. The third kappa shape index (κ3) is 2.63. The molecule has 1 saturated carbocycles. The maximum atomic E-state index is 10.7. The molecule has 2 N–H and O–H groups in total. The van der Waals surface area contributed by atoms with Gasteiger partial charge in [0.15, 0.2) is 5.92 Å². The Bertz CT molecular complexity index is 424. The smallest absolute Gasteiger partial charge is 0.318 e. The van der Waals surface area contributed by atoms with E-state index in [2.05, 4.69) is 4.98 Å². The first-order valence-electron chi connectivity index (χ1n) is 5.48. The maximum Gasteiger partial charge on any atom is 0.318 e. The fourth-order valence-electron chi connectivity index (χ4n) is 1.77. The van der Waals surface area contributed by atoms with E-state index >= 15 is 0 Å². The summed E-state index contributed by atoms with van der Waals surface area (Å²) in [5, 5.41) is 20.1. The van der Waals surface area contributed by atoms with Crippen LogP contribution in [0.15, 0.2) is 5.38 Å². The van der Waals surface area contributed by atoms with E-state index in [9.17, 15) is 9.59 Å². The highest BCUT2D eigenvalue weighted by Crippen LogP contribution is 2.36. The van der Waals surface area contributed by atoms with Gasteiger partial charge in [-0.15, -0.1) is 11.3 Å². The molecule has 1 aromatic heterocycles. The van der Waals surface area contributed by atoms with Crippen molar-refractivity contribution in [1.82, 2.24) is 4.98 Å². The lowest BCUT2D eigenvalue weighted by molar-refractivity contribution is -0.154. The minimum Gasteiger partial charge on any atom is -0.481 e. The van der Waals surface area contributed by atoms with Crippen LogP contribution in [0, 0.1) is 5.92 Å². The summed E-state index contributed by atoms with van der Waals surface area (Å²) in [6.07, 6.45) is 3.45. The van der Waals surface area contributed by atoms with Crippen LogP contribution < -0.4 is 0 Å². The summed E-state index contributed by atoms with van der Waals surface area (Å²) in [6, 6.07) is 0. The fourth-order valence-corrected chi connectivity index (χ4v) is 2.69. The molecule has 0 bridgehead atoms. The number of aliphatic carboxylic acids is 2. The molecule has 1 heterocycles. The first-order valence-corrected chi connectivity index (χ1v) is 6.36. The van der Waals surface area contributed by atoms with Gasteiger partial charge in [-0.25, -0.2) is 4.98 Å². The van der Waals surface area contributed by atoms with Gasteiger partial charge in [-0.05, 0) is 12.8 Å². The molecule has 1 fully saturated rings. The van der Waals surface area contributed by atoms with Crippen molar-refractivity contribution in [2.24, 2.45) is 5.92 Å². The first kappa shape index (κ1) is 12.0. The van der Waals surface area contributed by atoms with E-state index in [1.807, 2.05) is 5.38 Å². The zero-order valence-electron chi connectivity index (χ0n) is 9.13. The fraction of sp³-hybridized carbons (Fsp3) is 0.545. The predicted molar refractivity (Wildman–Crippen MR) is 61.2 cm³/mol. The number of carboxylic acids is 2. The summed E-state index contributed by atoms with van der Waals surface area (Å²) in [6.45, 7) is 0. The molecule has 0 atom stereocenters. The van der Waals surface area contributed by atoms with Crippen molar-refractivity contribution in [2.45, 2.75) is 31.6 Å². The SMILES string of the molecule is O=C(O)C(Cc1nc(C2CCC2)cs1)C(=O)O. The zero-order valence-corrected chi connectivity index (χ0v) is 9.94. The molecule has 2 rings (SSSR count). The number of carboxylic acid groups (broad SMARTS) is 2. The van der Waals surface area contributed by atoms with E-state index in [0.29, 0.717) is 10.9 Å². The van der Waals surface area contributed by atoms with Crippen molar-refractivity contribution in [2.75, 3.05) is 0 Å². The number of aromatic nitrogens is 1. The van der Waals surface area contributed by atoms with Crippen LogP contribution in [0.4, 0.5) is 0 Å². The lowest BCUT2D eigenvalue weighted by Crippen LogP contribution is -2.25. The van der Waals surface area contributed by atoms with Crippen molar-refractivity contribution in [3.05, 3.63) is 16.1 Å². The van der Waals surface area contributed by atoms with Gasteiger partial charge >= 0.3 is 11.9 Å². The Morgan fingerprint density at radius 2 is 2.06 bits per heavy atom. The van der Waals surface area contributed by atoms with Gasteiger partial charge in [-0.2, -0.15) is 0 Å². The minimum atomic E-state index is -1.39. The Kier molecular flexibility index (Phi) is 3.42. The summed E-state index contributed by atoms with van der Waals surface area (Å²) in [5.41, 5.74) is 0.991. The number of carbonyl (C=O) groups is 2. The second-order valence-corrected chi connectivity index (χ2v) is 5.17. The quantitative estimate of drug-likeness (QED) is 0.782. The lowest BCUT2D eigenvalue weighted by atomic mass is 9.83. The summed E-state index contributed by atoms with van der Waals surface area (Å²) < 4.78 is 0. The van der Waals surface area contributed by atoms with E-state index in [1.54, 1.807) is 0 Å². The van der Waals surface area contributed by atoms with Crippen LogP contribution in [0.3, 0.4) is 0 Å². The van der Waals surface area contributed by atoms with E-state index in [0.717, 1.165) is 18.5 Å². The molecule has 0 unspecified atom stereocenters. The molecular formula is C11H13NO4S. The summed E-state index contributed by atoms with van der Waals surface area (Å²) in [5.74, 6) is -3.51. The van der Waals surface area contributed by atoms with Crippen LogP contribution >= 0.6 is 11.3 Å². The number of thiazole rings is 1. The largest absolute Gasteiger partial charge is 0.481 e. The van der Waals surface area contributed by atoms with Crippen molar-refractivity contribution in [3.8, 4) is 0 Å². The third-order valence-corrected chi connectivity index (χ3v) is 3.96. The molecule has 0 aromatic carbocycles. The van der Waals surface area contributed by atoms with Crippen LogP contribution in [0.2, 0.25) is 0 Å². The monoisotopic (exact) mass is 255 g/mol. The van der Waals surface area contributed by atoms with Crippen molar-refractivity contribution in [1.29, 1.82) is 0 Å². The van der Waals surface area contributed by atoms with Gasteiger partial charge in [0.05, 0.1) is 10.7 Å². The molecule has 92 valence electrons. The molecule has 6 heteroatoms. The van der Waals surface area contributed by atoms with Crippen LogP contribution in [-0.4, -0.2) is 27.1 Å². The molecule has 1 aliphatic carbocycles. The predicted octanol–water partition coefficient (Wildman–Crippen LogP) is 1.74. The second-order valence-electron chi connectivity index (χ2n) is 4.23. The Morgan fingerprint density at radius 1 is 1.41 bits per heavy atom. The van der Waals surface area contributed by atoms with E-state index in [1.165, 1.54) is 17.8 Å². The lowest BCUT2D eigenvalue weighted by Gasteiger charge is -2.23. The summed E-state index contributed by atoms with van der Waals surface area (Å²) >= 11 is 1.35. The average Bonchev–Trinajstić information content (AvgIpc) is 2.58. The highest BCUT2D eigenvalue weighted by Gasteiger charge is 2.28. The van der Waals surface area contributed by atoms with Crippen molar-refractivity contribution in [3.63, 3.8) is 0 Å². The topological polar surface area (TPSA) is 87.5 Å². The summed E-state index contributed by atoms with van der Waals surface area (Å²) in [4.78, 5) is 25.8. The van der Waals surface area contributed by atoms with E-state index in [4.69, 9.17) is 10.2 Å². The summed E-state index contributed by atoms with van der Waals surface area (Å²) in [7, 11) is 0. The third-order valence-electron chi connectivity index (χ3n) is 3.07. The average molecular weight is 255 g/mol. The zero-order chi connectivity index (χ0) is 12.4. The Morgan fingerprint density at radius 3 is 2.53 bits per heavy atom. The standard InChI is InChI=1S/C11H13NO4S/c13-10(14)7(11(15)16)4-9-12-8(5-17-9)6-2-1-3-6/h5-7H,1-4H2,(H,13,14)(H,15,16). The van der Waals surface area contributed by atoms with Gasteiger partial charge in [0, 0.05) is 17.7 Å². The van der Waals surface area contributed by atoms with Gasteiger partial charge in [-0.1, -0.05) is 6.42 Å². The van der Waals surface area contributed by atoms with Gasteiger partial charge in [0.1, 0.15) is 0 Å². The minimum absolute atomic E-state index is 0.0257. The number of hydrogen-bond donors (Lipinski definition) is 2. The van der Waals surface area contributed by atoms with Crippen LogP contribution in [-0.2, 0) is 16.0 Å². The van der Waals surface area contributed by atoms with Gasteiger partial charge in [0.2, 0.25) is 0 Å². The van der Waals surface area contributed by atoms with Gasteiger partial charge < -0.3 is 10.2 Å². The Labute approximate surface area is 102 Å². The Hall–Kier alpha value is -1.43. The van der Waals surface area contributed by atoms with Gasteiger partial charge in [0.25, 0.3) is 0 Å². The number of hydrogen-bond acceptors (Lipinski definition) is 4. The normalized spacial score (nSPS) is 15.8.